The first-order chi connectivity index (χ1) is 10.9. The number of aryl methyl sites for hydroxylation is 1. The molecule has 1 unspecified atom stereocenters. The quantitative estimate of drug-likeness (QED) is 0.861. The number of thiophene rings is 1. The standard InChI is InChI=1S/C18H19N3S/c1-2-5-13(6-3-1)14-11-16-18(19-12-14)21-17(20-16)9-8-15-7-4-10-22-15/h2,4-7,10-12,17,20H,1,3,8-9H2,(H,19,21). The van der Waals surface area contributed by atoms with E-state index in [2.05, 4.69) is 57.4 Å². The Hall–Kier alpha value is -2.07. The third kappa shape index (κ3) is 2.79. The van der Waals surface area contributed by atoms with E-state index in [4.69, 9.17) is 0 Å². The summed E-state index contributed by atoms with van der Waals surface area (Å²) in [5.41, 5.74) is 3.60. The molecule has 2 aromatic heterocycles. The average Bonchev–Trinajstić information content (AvgIpc) is 3.22. The minimum Gasteiger partial charge on any atom is -0.362 e. The lowest BCUT2D eigenvalue weighted by Gasteiger charge is -2.10. The zero-order chi connectivity index (χ0) is 14.8. The van der Waals surface area contributed by atoms with Crippen LogP contribution in [-0.4, -0.2) is 11.1 Å². The molecule has 3 heterocycles. The molecule has 2 aromatic rings. The SMILES string of the molecule is C1=CC(c2cnc3c(c2)NC(CCc2cccs2)N3)=CCC1. The third-order valence-electron chi connectivity index (χ3n) is 4.12. The summed E-state index contributed by atoms with van der Waals surface area (Å²) in [6.45, 7) is 0. The van der Waals surface area contributed by atoms with Crippen LogP contribution in [0, 0.1) is 0 Å². The molecule has 0 saturated carbocycles. The first kappa shape index (κ1) is 13.6. The van der Waals surface area contributed by atoms with E-state index in [1.807, 2.05) is 17.5 Å². The monoisotopic (exact) mass is 309 g/mol. The van der Waals surface area contributed by atoms with Gasteiger partial charge in [-0.3, -0.25) is 0 Å². The summed E-state index contributed by atoms with van der Waals surface area (Å²) < 4.78 is 0. The highest BCUT2D eigenvalue weighted by Gasteiger charge is 2.21. The number of aromatic nitrogens is 1. The third-order valence-corrected chi connectivity index (χ3v) is 5.05. The van der Waals surface area contributed by atoms with Gasteiger partial charge in [-0.15, -0.1) is 11.3 Å². The van der Waals surface area contributed by atoms with Crippen LogP contribution in [0.3, 0.4) is 0 Å². The van der Waals surface area contributed by atoms with Crippen molar-refractivity contribution in [3.05, 3.63) is 58.4 Å². The van der Waals surface area contributed by atoms with E-state index in [0.717, 1.165) is 37.2 Å². The summed E-state index contributed by atoms with van der Waals surface area (Å²) >= 11 is 1.83. The number of anilines is 2. The molecule has 3 nitrogen and oxygen atoms in total. The van der Waals surface area contributed by atoms with Crippen LogP contribution in [0.25, 0.3) is 5.57 Å². The molecule has 0 radical (unpaired) electrons. The van der Waals surface area contributed by atoms with Crippen LogP contribution in [0.2, 0.25) is 0 Å². The Labute approximate surface area is 134 Å². The molecule has 0 spiro atoms. The molecule has 2 N–H and O–H groups in total. The van der Waals surface area contributed by atoms with Gasteiger partial charge in [0, 0.05) is 16.6 Å². The first-order valence-electron chi connectivity index (χ1n) is 7.81. The summed E-state index contributed by atoms with van der Waals surface area (Å²) in [4.78, 5) is 6.02. The Kier molecular flexibility index (Phi) is 3.69. The fourth-order valence-corrected chi connectivity index (χ4v) is 3.67. The predicted molar refractivity (Wildman–Crippen MR) is 94.3 cm³/mol. The molecular weight excluding hydrogens is 290 g/mol. The van der Waals surface area contributed by atoms with E-state index < -0.39 is 0 Å². The van der Waals surface area contributed by atoms with Crippen molar-refractivity contribution in [1.29, 1.82) is 0 Å². The molecule has 1 atom stereocenters. The molecule has 2 aliphatic rings. The van der Waals surface area contributed by atoms with Gasteiger partial charge in [0.1, 0.15) is 0 Å². The van der Waals surface area contributed by atoms with Gasteiger partial charge in [0.2, 0.25) is 0 Å². The summed E-state index contributed by atoms with van der Waals surface area (Å²) in [6, 6.07) is 6.52. The number of pyridine rings is 1. The van der Waals surface area contributed by atoms with Crippen molar-refractivity contribution in [3.63, 3.8) is 0 Å². The molecule has 0 aromatic carbocycles. The molecule has 112 valence electrons. The number of nitrogens with zero attached hydrogens (tertiary/aromatic N) is 1. The van der Waals surface area contributed by atoms with Crippen molar-refractivity contribution in [2.45, 2.75) is 31.8 Å². The molecule has 22 heavy (non-hydrogen) atoms. The maximum Gasteiger partial charge on any atom is 0.151 e. The van der Waals surface area contributed by atoms with Crippen molar-refractivity contribution >= 4 is 28.4 Å². The lowest BCUT2D eigenvalue weighted by Crippen LogP contribution is -2.22. The average molecular weight is 309 g/mol. The van der Waals surface area contributed by atoms with E-state index >= 15 is 0 Å². The van der Waals surface area contributed by atoms with Crippen molar-refractivity contribution in [2.24, 2.45) is 0 Å². The number of rotatable bonds is 4. The fourth-order valence-electron chi connectivity index (χ4n) is 2.95. The summed E-state index contributed by atoms with van der Waals surface area (Å²) in [5.74, 6) is 0.973. The van der Waals surface area contributed by atoms with Crippen LogP contribution in [0.15, 0.2) is 48.0 Å². The normalized spacial score (nSPS) is 19.3. The summed E-state index contributed by atoms with van der Waals surface area (Å²) in [6.07, 6.45) is 13.4. The van der Waals surface area contributed by atoms with E-state index in [1.54, 1.807) is 0 Å². The van der Waals surface area contributed by atoms with Crippen LogP contribution in [0.1, 0.15) is 29.7 Å². The van der Waals surface area contributed by atoms with Gasteiger partial charge < -0.3 is 10.6 Å². The van der Waals surface area contributed by atoms with Gasteiger partial charge in [0.15, 0.2) is 5.82 Å². The number of nitrogens with one attached hydrogen (secondary N) is 2. The minimum absolute atomic E-state index is 0.274. The van der Waals surface area contributed by atoms with Crippen LogP contribution in [0.5, 0.6) is 0 Å². The molecule has 4 heteroatoms. The maximum absolute atomic E-state index is 4.58. The number of fused-ring (bicyclic) bond motifs is 1. The summed E-state index contributed by atoms with van der Waals surface area (Å²) in [7, 11) is 0. The number of allylic oxidation sites excluding steroid dienone is 4. The van der Waals surface area contributed by atoms with Gasteiger partial charge in [-0.25, -0.2) is 4.98 Å². The topological polar surface area (TPSA) is 37.0 Å². The molecule has 0 amide bonds. The van der Waals surface area contributed by atoms with Crippen LogP contribution >= 0.6 is 11.3 Å². The first-order valence-corrected chi connectivity index (χ1v) is 8.69. The Balaban J connectivity index is 1.45. The van der Waals surface area contributed by atoms with Gasteiger partial charge in [-0.2, -0.15) is 0 Å². The molecule has 0 fully saturated rings. The maximum atomic E-state index is 4.58. The fraction of sp³-hybridized carbons (Fsp3) is 0.278. The highest BCUT2D eigenvalue weighted by Crippen LogP contribution is 2.32. The van der Waals surface area contributed by atoms with E-state index in [-0.39, 0.29) is 6.17 Å². The zero-order valence-electron chi connectivity index (χ0n) is 12.4. The van der Waals surface area contributed by atoms with Crippen molar-refractivity contribution in [2.75, 3.05) is 10.6 Å². The second kappa shape index (κ2) is 5.97. The minimum atomic E-state index is 0.274. The number of hydrogen-bond acceptors (Lipinski definition) is 4. The van der Waals surface area contributed by atoms with Gasteiger partial charge in [-0.05, 0) is 48.8 Å². The molecule has 0 saturated heterocycles. The van der Waals surface area contributed by atoms with E-state index in [0.29, 0.717) is 0 Å². The summed E-state index contributed by atoms with van der Waals surface area (Å²) in [5, 5.41) is 9.17. The lowest BCUT2D eigenvalue weighted by molar-refractivity contribution is 0.740. The van der Waals surface area contributed by atoms with E-state index in [9.17, 15) is 0 Å². The molecule has 0 bridgehead atoms. The second-order valence-corrected chi connectivity index (χ2v) is 6.75. The highest BCUT2D eigenvalue weighted by molar-refractivity contribution is 7.09. The Morgan fingerprint density at radius 1 is 1.27 bits per heavy atom. The largest absolute Gasteiger partial charge is 0.362 e. The van der Waals surface area contributed by atoms with Crippen LogP contribution in [0.4, 0.5) is 11.5 Å². The Bertz CT molecular complexity index is 716. The highest BCUT2D eigenvalue weighted by atomic mass is 32.1. The molecular formula is C18H19N3S. The smallest absolute Gasteiger partial charge is 0.151 e. The van der Waals surface area contributed by atoms with Crippen molar-refractivity contribution in [3.8, 4) is 0 Å². The van der Waals surface area contributed by atoms with Crippen molar-refractivity contribution < 1.29 is 0 Å². The van der Waals surface area contributed by atoms with Crippen molar-refractivity contribution in [1.82, 2.24) is 4.98 Å². The van der Waals surface area contributed by atoms with Crippen LogP contribution in [-0.2, 0) is 6.42 Å². The Morgan fingerprint density at radius 3 is 3.09 bits per heavy atom. The number of hydrogen-bond donors (Lipinski definition) is 2. The molecule has 4 rings (SSSR count). The van der Waals surface area contributed by atoms with Crippen LogP contribution < -0.4 is 10.6 Å². The second-order valence-electron chi connectivity index (χ2n) is 5.72. The van der Waals surface area contributed by atoms with Gasteiger partial charge in [0.05, 0.1) is 11.9 Å². The zero-order valence-corrected chi connectivity index (χ0v) is 13.2. The molecule has 1 aliphatic carbocycles. The Morgan fingerprint density at radius 2 is 2.27 bits per heavy atom. The molecule has 1 aliphatic heterocycles. The predicted octanol–water partition coefficient (Wildman–Crippen LogP) is 4.67. The van der Waals surface area contributed by atoms with Gasteiger partial charge >= 0.3 is 0 Å². The van der Waals surface area contributed by atoms with E-state index in [1.165, 1.54) is 16.0 Å². The van der Waals surface area contributed by atoms with Gasteiger partial charge in [-0.1, -0.05) is 24.3 Å². The van der Waals surface area contributed by atoms with Gasteiger partial charge in [0.25, 0.3) is 0 Å². The lowest BCUT2D eigenvalue weighted by atomic mass is 10.0.